The molecule has 0 N–H and O–H groups in total. The molecule has 1 aromatic heterocycles. The first-order valence-corrected chi connectivity index (χ1v) is 8.72. The molecule has 138 valence electrons. The van der Waals surface area contributed by atoms with Gasteiger partial charge in [0, 0.05) is 31.7 Å². The first-order chi connectivity index (χ1) is 13.1. The van der Waals surface area contributed by atoms with Crippen LogP contribution in [0.15, 0.2) is 48.8 Å². The minimum atomic E-state index is -0.302. The van der Waals surface area contributed by atoms with E-state index in [1.54, 1.807) is 18.2 Å². The molecule has 3 aromatic rings. The van der Waals surface area contributed by atoms with Crippen molar-refractivity contribution in [2.45, 2.75) is 0 Å². The van der Waals surface area contributed by atoms with Crippen molar-refractivity contribution >= 4 is 5.91 Å². The van der Waals surface area contributed by atoms with E-state index in [1.807, 2.05) is 24.1 Å². The highest BCUT2D eigenvalue weighted by molar-refractivity contribution is 5.96. The molecule has 7 nitrogen and oxygen atoms in total. The summed E-state index contributed by atoms with van der Waals surface area (Å²) >= 11 is 0. The quantitative estimate of drug-likeness (QED) is 0.708. The van der Waals surface area contributed by atoms with Gasteiger partial charge in [0.25, 0.3) is 5.91 Å². The zero-order valence-electron chi connectivity index (χ0n) is 14.9. The van der Waals surface area contributed by atoms with E-state index in [9.17, 15) is 9.18 Å². The number of tetrazole rings is 1. The Morgan fingerprint density at radius 2 is 1.74 bits per heavy atom. The van der Waals surface area contributed by atoms with E-state index in [4.69, 9.17) is 0 Å². The second kappa shape index (κ2) is 7.24. The van der Waals surface area contributed by atoms with Gasteiger partial charge in [-0.15, -0.1) is 5.10 Å². The number of carbonyl (C=O) groups excluding carboxylic acids is 1. The summed E-state index contributed by atoms with van der Waals surface area (Å²) in [5, 5.41) is 11.3. The summed E-state index contributed by atoms with van der Waals surface area (Å²) in [6.45, 7) is 3.08. The third-order valence-electron chi connectivity index (χ3n) is 4.75. The second-order valence-electron chi connectivity index (χ2n) is 6.63. The summed E-state index contributed by atoms with van der Waals surface area (Å²) in [6.07, 6.45) is 1.48. The summed E-state index contributed by atoms with van der Waals surface area (Å²) in [5.74, 6) is -0.328. The summed E-state index contributed by atoms with van der Waals surface area (Å²) in [7, 11) is 2.05. The van der Waals surface area contributed by atoms with Gasteiger partial charge in [-0.2, -0.15) is 0 Å². The minimum absolute atomic E-state index is 0.0265. The van der Waals surface area contributed by atoms with Gasteiger partial charge < -0.3 is 9.80 Å². The van der Waals surface area contributed by atoms with E-state index >= 15 is 0 Å². The summed E-state index contributed by atoms with van der Waals surface area (Å²) in [5.41, 5.74) is 2.87. The molecular formula is C19H19FN6O. The van der Waals surface area contributed by atoms with Crippen molar-refractivity contribution in [1.29, 1.82) is 0 Å². The molecule has 1 amide bonds. The molecule has 1 fully saturated rings. The number of halogens is 1. The smallest absolute Gasteiger partial charge is 0.254 e. The van der Waals surface area contributed by atoms with Crippen molar-refractivity contribution < 1.29 is 9.18 Å². The molecule has 0 atom stereocenters. The molecule has 27 heavy (non-hydrogen) atoms. The van der Waals surface area contributed by atoms with Crippen molar-refractivity contribution in [1.82, 2.24) is 30.0 Å². The average Bonchev–Trinajstić information content (AvgIpc) is 3.23. The molecule has 2 aromatic carbocycles. The van der Waals surface area contributed by atoms with Gasteiger partial charge in [-0.1, -0.05) is 12.1 Å². The second-order valence-corrected chi connectivity index (χ2v) is 6.63. The van der Waals surface area contributed by atoms with Gasteiger partial charge in [-0.3, -0.25) is 4.79 Å². The van der Waals surface area contributed by atoms with E-state index in [0.29, 0.717) is 24.3 Å². The maximum Gasteiger partial charge on any atom is 0.254 e. The van der Waals surface area contributed by atoms with E-state index in [2.05, 4.69) is 20.4 Å². The van der Waals surface area contributed by atoms with Gasteiger partial charge in [0.2, 0.25) is 0 Å². The van der Waals surface area contributed by atoms with Crippen LogP contribution in [0.2, 0.25) is 0 Å². The van der Waals surface area contributed by atoms with Gasteiger partial charge in [0.1, 0.15) is 12.1 Å². The standard InChI is InChI=1S/C19H19FN6O/c1-24-6-8-25(9-7-24)19(27)16-10-15(14-2-4-17(20)5-3-14)11-18(12-16)26-13-21-22-23-26/h2-5,10-13H,6-9H2,1H3. The summed E-state index contributed by atoms with van der Waals surface area (Å²) in [6, 6.07) is 11.7. The van der Waals surface area contributed by atoms with Crippen molar-refractivity contribution in [3.05, 3.63) is 60.2 Å². The predicted molar refractivity (Wildman–Crippen MR) is 97.9 cm³/mol. The lowest BCUT2D eigenvalue weighted by Crippen LogP contribution is -2.47. The Labute approximate surface area is 156 Å². The lowest BCUT2D eigenvalue weighted by molar-refractivity contribution is 0.0664. The molecule has 4 rings (SSSR count). The Kier molecular flexibility index (Phi) is 4.64. The van der Waals surface area contributed by atoms with Gasteiger partial charge in [-0.25, -0.2) is 9.07 Å². The lowest BCUT2D eigenvalue weighted by Gasteiger charge is -2.32. The van der Waals surface area contributed by atoms with Gasteiger partial charge in [0.15, 0.2) is 0 Å². The van der Waals surface area contributed by atoms with Crippen LogP contribution in [0.1, 0.15) is 10.4 Å². The van der Waals surface area contributed by atoms with E-state index in [-0.39, 0.29) is 11.7 Å². The van der Waals surface area contributed by atoms with Crippen LogP contribution < -0.4 is 0 Å². The fourth-order valence-corrected chi connectivity index (χ4v) is 3.15. The first kappa shape index (κ1) is 17.3. The fourth-order valence-electron chi connectivity index (χ4n) is 3.15. The highest BCUT2D eigenvalue weighted by Gasteiger charge is 2.21. The van der Waals surface area contributed by atoms with Crippen LogP contribution in [0, 0.1) is 5.82 Å². The Hall–Kier alpha value is -3.13. The minimum Gasteiger partial charge on any atom is -0.336 e. The summed E-state index contributed by atoms with van der Waals surface area (Å²) < 4.78 is 14.8. The normalized spacial score (nSPS) is 15.1. The number of rotatable bonds is 3. The maximum absolute atomic E-state index is 13.3. The molecule has 8 heteroatoms. The zero-order valence-corrected chi connectivity index (χ0v) is 14.9. The van der Waals surface area contributed by atoms with Crippen molar-refractivity contribution in [3.8, 4) is 16.8 Å². The van der Waals surface area contributed by atoms with Crippen molar-refractivity contribution in [2.75, 3.05) is 33.2 Å². The monoisotopic (exact) mass is 366 g/mol. The zero-order chi connectivity index (χ0) is 18.8. The Morgan fingerprint density at radius 1 is 1.00 bits per heavy atom. The molecule has 1 saturated heterocycles. The Bertz CT molecular complexity index is 933. The molecule has 0 saturated carbocycles. The molecular weight excluding hydrogens is 347 g/mol. The van der Waals surface area contributed by atoms with Crippen molar-refractivity contribution in [3.63, 3.8) is 0 Å². The predicted octanol–water partition coefficient (Wildman–Crippen LogP) is 1.86. The highest BCUT2D eigenvalue weighted by Crippen LogP contribution is 2.25. The number of hydrogen-bond donors (Lipinski definition) is 0. The molecule has 0 unspecified atom stereocenters. The van der Waals surface area contributed by atoms with Gasteiger partial charge >= 0.3 is 0 Å². The molecule has 2 heterocycles. The van der Waals surface area contributed by atoms with Crippen molar-refractivity contribution in [2.24, 2.45) is 0 Å². The number of benzene rings is 2. The maximum atomic E-state index is 13.3. The van der Waals surface area contributed by atoms with Crippen LogP contribution in [0.25, 0.3) is 16.8 Å². The van der Waals surface area contributed by atoms with Crippen LogP contribution in [0.5, 0.6) is 0 Å². The fraction of sp³-hybridized carbons (Fsp3) is 0.263. The lowest BCUT2D eigenvalue weighted by atomic mass is 10.0. The van der Waals surface area contributed by atoms with Gasteiger partial charge in [-0.05, 0) is 58.9 Å². The number of carbonyl (C=O) groups is 1. The molecule has 1 aliphatic heterocycles. The van der Waals surface area contributed by atoms with Crippen LogP contribution in [0.3, 0.4) is 0 Å². The molecule has 1 aliphatic rings. The average molecular weight is 366 g/mol. The number of piperazine rings is 1. The summed E-state index contributed by atoms with van der Waals surface area (Å²) in [4.78, 5) is 17.1. The topological polar surface area (TPSA) is 67.2 Å². The van der Waals surface area contributed by atoms with Crippen LogP contribution in [0.4, 0.5) is 4.39 Å². The third-order valence-corrected chi connectivity index (χ3v) is 4.75. The largest absolute Gasteiger partial charge is 0.336 e. The number of hydrogen-bond acceptors (Lipinski definition) is 5. The molecule has 0 radical (unpaired) electrons. The molecule has 0 aliphatic carbocycles. The number of likely N-dealkylation sites (N-methyl/N-ethyl adjacent to an activating group) is 1. The Balaban J connectivity index is 1.74. The van der Waals surface area contributed by atoms with Crippen LogP contribution >= 0.6 is 0 Å². The van der Waals surface area contributed by atoms with E-state index in [1.165, 1.54) is 23.1 Å². The number of aromatic nitrogens is 4. The number of amides is 1. The highest BCUT2D eigenvalue weighted by atomic mass is 19.1. The van der Waals surface area contributed by atoms with Gasteiger partial charge in [0.05, 0.1) is 5.69 Å². The van der Waals surface area contributed by atoms with Crippen LogP contribution in [-0.2, 0) is 0 Å². The molecule has 0 bridgehead atoms. The molecule has 0 spiro atoms. The van der Waals surface area contributed by atoms with E-state index < -0.39 is 0 Å². The Morgan fingerprint density at radius 3 is 2.41 bits per heavy atom. The first-order valence-electron chi connectivity index (χ1n) is 8.72. The SMILES string of the molecule is CN1CCN(C(=O)c2cc(-c3ccc(F)cc3)cc(-n3cnnn3)c2)CC1. The third kappa shape index (κ3) is 3.70. The van der Waals surface area contributed by atoms with E-state index in [0.717, 1.165) is 24.2 Å². The number of nitrogens with zero attached hydrogens (tertiary/aromatic N) is 6. The van der Waals surface area contributed by atoms with Crippen LogP contribution in [-0.4, -0.2) is 69.1 Å².